The van der Waals surface area contributed by atoms with Crippen molar-refractivity contribution in [3.63, 3.8) is 0 Å². The smallest absolute Gasteiger partial charge is 0.329 e. The van der Waals surface area contributed by atoms with Crippen LogP contribution in [0.5, 0.6) is 0 Å². The van der Waals surface area contributed by atoms with Crippen LogP contribution in [0.1, 0.15) is 5.56 Å². The fourth-order valence-electron chi connectivity index (χ4n) is 1.70. The van der Waals surface area contributed by atoms with Crippen LogP contribution in [0.2, 0.25) is 15.1 Å². The number of halogens is 6. The molecule has 0 atom stereocenters. The van der Waals surface area contributed by atoms with Gasteiger partial charge in [-0.2, -0.15) is 13.2 Å². The normalized spacial score (nSPS) is 11.7. The number of alkyl halides is 3. The minimum Gasteiger partial charge on any atom is -0.329 e. The minimum absolute atomic E-state index is 0.0120. The molecule has 1 aromatic heterocycles. The van der Waals surface area contributed by atoms with Crippen molar-refractivity contribution >= 4 is 34.8 Å². The molecule has 1 heterocycles. The van der Waals surface area contributed by atoms with Gasteiger partial charge in [0.1, 0.15) is 0 Å². The van der Waals surface area contributed by atoms with Gasteiger partial charge in [-0.3, -0.25) is 4.79 Å². The Balaban J connectivity index is 2.80. The Labute approximate surface area is 126 Å². The summed E-state index contributed by atoms with van der Waals surface area (Å²) in [6.07, 6.45) is -3.75. The van der Waals surface area contributed by atoms with Crippen molar-refractivity contribution in [1.82, 2.24) is 4.98 Å². The lowest BCUT2D eigenvalue weighted by molar-refractivity contribution is -0.137. The third-order valence-corrected chi connectivity index (χ3v) is 3.74. The van der Waals surface area contributed by atoms with E-state index in [0.717, 1.165) is 24.4 Å². The van der Waals surface area contributed by atoms with Gasteiger partial charge in [0.15, 0.2) is 0 Å². The third-order valence-electron chi connectivity index (χ3n) is 2.54. The Hall–Kier alpha value is -1.17. The zero-order chi connectivity index (χ0) is 15.1. The molecule has 0 radical (unpaired) electrons. The second kappa shape index (κ2) is 5.31. The Kier molecular flexibility index (Phi) is 4.04. The second-order valence-corrected chi connectivity index (χ2v) is 5.04. The first-order valence-corrected chi connectivity index (χ1v) is 6.29. The van der Waals surface area contributed by atoms with Gasteiger partial charge in [0.25, 0.3) is 5.56 Å². The van der Waals surface area contributed by atoms with E-state index in [-0.39, 0.29) is 20.6 Å². The van der Waals surface area contributed by atoms with Crippen LogP contribution in [0.15, 0.2) is 29.2 Å². The largest absolute Gasteiger partial charge is 0.417 e. The van der Waals surface area contributed by atoms with Gasteiger partial charge in [0.2, 0.25) is 0 Å². The molecule has 20 heavy (non-hydrogen) atoms. The Morgan fingerprint density at radius 2 is 1.60 bits per heavy atom. The van der Waals surface area contributed by atoms with Gasteiger partial charge >= 0.3 is 6.18 Å². The molecule has 1 aromatic carbocycles. The highest BCUT2D eigenvalue weighted by molar-refractivity contribution is 6.48. The summed E-state index contributed by atoms with van der Waals surface area (Å²) in [6.45, 7) is 0. The molecule has 8 heteroatoms. The van der Waals surface area contributed by atoms with E-state index in [4.69, 9.17) is 34.8 Å². The summed E-state index contributed by atoms with van der Waals surface area (Å²) in [4.78, 5) is 13.9. The molecule has 0 fully saturated rings. The molecule has 0 unspecified atom stereocenters. The maximum absolute atomic E-state index is 12.9. The van der Waals surface area contributed by atoms with Gasteiger partial charge in [-0.25, -0.2) is 0 Å². The molecule has 0 aliphatic rings. The van der Waals surface area contributed by atoms with E-state index in [0.29, 0.717) is 0 Å². The van der Waals surface area contributed by atoms with Crippen molar-refractivity contribution in [2.24, 2.45) is 0 Å². The number of pyridine rings is 1. The number of hydrogen-bond donors (Lipinski definition) is 1. The Morgan fingerprint density at radius 3 is 2.10 bits per heavy atom. The number of aromatic nitrogens is 1. The lowest BCUT2D eigenvalue weighted by atomic mass is 10.0. The van der Waals surface area contributed by atoms with Gasteiger partial charge in [0.05, 0.1) is 26.2 Å². The molecule has 2 rings (SSSR count). The van der Waals surface area contributed by atoms with Crippen LogP contribution < -0.4 is 5.56 Å². The number of nitrogens with one attached hydrogen (secondary N) is 1. The molecule has 0 saturated carbocycles. The molecule has 2 aromatic rings. The maximum Gasteiger partial charge on any atom is 0.417 e. The van der Waals surface area contributed by atoms with Crippen molar-refractivity contribution in [3.05, 3.63) is 55.4 Å². The van der Waals surface area contributed by atoms with E-state index in [2.05, 4.69) is 4.98 Å². The molecule has 0 saturated heterocycles. The van der Waals surface area contributed by atoms with Crippen LogP contribution in [0.25, 0.3) is 11.1 Å². The SMILES string of the molecule is O=c1[nH]ccc(C(F)(F)F)c1-c1cc(Cl)c(Cl)c(Cl)c1. The summed E-state index contributed by atoms with van der Waals surface area (Å²) in [7, 11) is 0. The van der Waals surface area contributed by atoms with Crippen LogP contribution in [0.3, 0.4) is 0 Å². The molecule has 0 aliphatic carbocycles. The predicted octanol–water partition coefficient (Wildman–Crippen LogP) is 5.02. The number of benzene rings is 1. The number of hydrogen-bond acceptors (Lipinski definition) is 1. The van der Waals surface area contributed by atoms with Crippen LogP contribution >= 0.6 is 34.8 Å². The fraction of sp³-hybridized carbons (Fsp3) is 0.0833. The zero-order valence-electron chi connectivity index (χ0n) is 9.49. The van der Waals surface area contributed by atoms with E-state index in [1.54, 1.807) is 0 Å². The number of H-pyrrole nitrogens is 1. The van der Waals surface area contributed by atoms with Gasteiger partial charge in [-0.1, -0.05) is 34.8 Å². The first-order chi connectivity index (χ1) is 9.21. The van der Waals surface area contributed by atoms with Crippen molar-refractivity contribution < 1.29 is 13.2 Å². The zero-order valence-corrected chi connectivity index (χ0v) is 11.8. The van der Waals surface area contributed by atoms with Crippen LogP contribution in [0, 0.1) is 0 Å². The Bertz CT molecular complexity index is 702. The third kappa shape index (κ3) is 2.80. The van der Waals surface area contributed by atoms with Gasteiger partial charge in [-0.05, 0) is 23.8 Å². The molecule has 1 N–H and O–H groups in total. The lowest BCUT2D eigenvalue weighted by Crippen LogP contribution is -2.17. The van der Waals surface area contributed by atoms with Crippen LogP contribution in [-0.2, 0) is 6.18 Å². The van der Waals surface area contributed by atoms with E-state index in [1.165, 1.54) is 0 Å². The highest BCUT2D eigenvalue weighted by atomic mass is 35.5. The van der Waals surface area contributed by atoms with Crippen molar-refractivity contribution in [2.75, 3.05) is 0 Å². The molecule has 2 nitrogen and oxygen atoms in total. The first-order valence-electron chi connectivity index (χ1n) is 5.15. The van der Waals surface area contributed by atoms with Crippen molar-refractivity contribution in [3.8, 4) is 11.1 Å². The lowest BCUT2D eigenvalue weighted by Gasteiger charge is -2.12. The van der Waals surface area contributed by atoms with Crippen LogP contribution in [-0.4, -0.2) is 4.98 Å². The predicted molar refractivity (Wildman–Crippen MR) is 72.5 cm³/mol. The molecule has 106 valence electrons. The summed E-state index contributed by atoms with van der Waals surface area (Å²) in [5.74, 6) is 0. The quantitative estimate of drug-likeness (QED) is 0.725. The van der Waals surface area contributed by atoms with Crippen LogP contribution in [0.4, 0.5) is 13.2 Å². The summed E-state index contributed by atoms with van der Waals surface area (Å²) < 4.78 is 38.8. The highest BCUT2D eigenvalue weighted by Crippen LogP contribution is 2.39. The standard InChI is InChI=1S/C12H5Cl3F3NO/c13-7-3-5(4-8(14)10(7)15)9-6(12(16,17)18)1-2-19-11(9)20/h1-4H,(H,19,20). The van der Waals surface area contributed by atoms with Gasteiger partial charge in [-0.15, -0.1) is 0 Å². The molecule has 0 bridgehead atoms. The number of aromatic amines is 1. The molecule has 0 spiro atoms. The summed E-state index contributed by atoms with van der Waals surface area (Å²) >= 11 is 17.3. The maximum atomic E-state index is 12.9. The van der Waals surface area contributed by atoms with E-state index >= 15 is 0 Å². The summed E-state index contributed by atoms with van der Waals surface area (Å²) in [6, 6.07) is 3.10. The van der Waals surface area contributed by atoms with Crippen molar-refractivity contribution in [2.45, 2.75) is 6.18 Å². The second-order valence-electron chi connectivity index (χ2n) is 3.85. The van der Waals surface area contributed by atoms with Crippen molar-refractivity contribution in [1.29, 1.82) is 0 Å². The molecular weight excluding hydrogens is 337 g/mol. The number of rotatable bonds is 1. The van der Waals surface area contributed by atoms with E-state index in [9.17, 15) is 18.0 Å². The van der Waals surface area contributed by atoms with Gasteiger partial charge < -0.3 is 4.98 Å². The fourth-order valence-corrected chi connectivity index (χ4v) is 2.30. The summed E-state index contributed by atoms with van der Waals surface area (Å²) in [5.41, 5.74) is -2.58. The summed E-state index contributed by atoms with van der Waals surface area (Å²) in [5, 5.41) is -0.0610. The van der Waals surface area contributed by atoms with Gasteiger partial charge in [0, 0.05) is 6.20 Å². The van der Waals surface area contributed by atoms with E-state index < -0.39 is 22.9 Å². The molecule has 0 aliphatic heterocycles. The average Bonchev–Trinajstić information content (AvgIpc) is 2.34. The minimum atomic E-state index is -4.68. The average molecular weight is 343 g/mol. The monoisotopic (exact) mass is 341 g/mol. The molecule has 0 amide bonds. The first kappa shape index (κ1) is 15.2. The Morgan fingerprint density at radius 1 is 1.05 bits per heavy atom. The van der Waals surface area contributed by atoms with E-state index in [1.807, 2.05) is 0 Å². The highest BCUT2D eigenvalue weighted by Gasteiger charge is 2.35. The topological polar surface area (TPSA) is 32.9 Å². The molecular formula is C12H5Cl3F3NO.